The second-order valence-corrected chi connectivity index (χ2v) is 4.55. The van der Waals surface area contributed by atoms with E-state index in [1.807, 2.05) is 6.21 Å². The monoisotopic (exact) mass is 224 g/mol. The maximum absolute atomic E-state index is 4.48. The Bertz CT molecular complexity index is 511. The summed E-state index contributed by atoms with van der Waals surface area (Å²) in [5.41, 5.74) is 0.943. The summed E-state index contributed by atoms with van der Waals surface area (Å²) in [6.45, 7) is 0.643. The Morgan fingerprint density at radius 2 is 2.57 bits per heavy atom. The maximum atomic E-state index is 4.48. The van der Waals surface area contributed by atoms with Crippen LogP contribution in [0.1, 0.15) is 5.69 Å². The minimum Gasteiger partial charge on any atom is -0.350 e. The zero-order valence-electron chi connectivity index (χ0n) is 7.52. The van der Waals surface area contributed by atoms with Crippen LogP contribution in [0.2, 0.25) is 0 Å². The lowest BCUT2D eigenvalue weighted by Gasteiger charge is -2.08. The molecule has 3 heterocycles. The predicted molar refractivity (Wildman–Crippen MR) is 60.9 cm³/mol. The van der Waals surface area contributed by atoms with Gasteiger partial charge in [0, 0.05) is 5.38 Å². The summed E-state index contributed by atoms with van der Waals surface area (Å²) >= 11 is 3.39. The second kappa shape index (κ2) is 2.99. The number of anilines is 1. The lowest BCUT2D eigenvalue weighted by atomic mass is 10.4. The molecular weight excluding hydrogens is 216 g/mol. The number of imidazole rings is 1. The minimum atomic E-state index is 0.643. The third kappa shape index (κ3) is 1.01. The van der Waals surface area contributed by atoms with E-state index in [0.717, 1.165) is 16.5 Å². The van der Waals surface area contributed by atoms with E-state index in [9.17, 15) is 0 Å². The third-order valence-corrected chi connectivity index (χ3v) is 3.81. The Morgan fingerprint density at radius 1 is 1.64 bits per heavy atom. The fourth-order valence-corrected chi connectivity index (χ4v) is 3.21. The molecule has 0 bridgehead atoms. The van der Waals surface area contributed by atoms with Crippen molar-refractivity contribution in [1.29, 1.82) is 0 Å². The van der Waals surface area contributed by atoms with E-state index < -0.39 is 0 Å². The molecule has 1 aliphatic rings. The van der Waals surface area contributed by atoms with Gasteiger partial charge in [-0.1, -0.05) is 0 Å². The Kier molecular flexibility index (Phi) is 1.78. The van der Waals surface area contributed by atoms with Gasteiger partial charge in [0.25, 0.3) is 0 Å². The smallest absolute Gasteiger partial charge is 0.196 e. The number of fused-ring (bicyclic) bond motifs is 3. The quantitative estimate of drug-likeness (QED) is 0.752. The van der Waals surface area contributed by atoms with Crippen LogP contribution < -0.4 is 5.32 Å². The highest BCUT2D eigenvalue weighted by molar-refractivity contribution is 7.98. The number of thioether (sulfide) groups is 1. The molecule has 0 spiro atoms. The topological polar surface area (TPSA) is 41.7 Å². The average molecular weight is 224 g/mol. The van der Waals surface area contributed by atoms with Gasteiger partial charge in [-0.3, -0.25) is 9.39 Å². The molecule has 3 rings (SSSR count). The van der Waals surface area contributed by atoms with E-state index in [0.29, 0.717) is 6.67 Å². The first-order valence-electron chi connectivity index (χ1n) is 4.18. The summed E-state index contributed by atoms with van der Waals surface area (Å²) in [4.78, 5) is 9.64. The first-order chi connectivity index (χ1) is 6.90. The molecule has 2 aromatic rings. The standard InChI is InChI=1S/C8H8N4S2/c1-13-6-3-14-8-11-5-2-9-4-10-7(5)12(6)8/h2-3,10H,4H2,1H3. The third-order valence-electron chi connectivity index (χ3n) is 2.12. The number of aliphatic imine (C=N–C) groups is 1. The molecule has 0 atom stereocenters. The van der Waals surface area contributed by atoms with Gasteiger partial charge >= 0.3 is 0 Å². The van der Waals surface area contributed by atoms with E-state index in [1.165, 1.54) is 5.03 Å². The van der Waals surface area contributed by atoms with Crippen molar-refractivity contribution in [1.82, 2.24) is 9.38 Å². The lowest BCUT2D eigenvalue weighted by Crippen LogP contribution is -2.09. The van der Waals surface area contributed by atoms with Crippen LogP contribution in [0.5, 0.6) is 0 Å². The molecule has 0 amide bonds. The van der Waals surface area contributed by atoms with Gasteiger partial charge < -0.3 is 5.32 Å². The number of aromatic nitrogens is 2. The van der Waals surface area contributed by atoms with Crippen molar-refractivity contribution < 1.29 is 0 Å². The van der Waals surface area contributed by atoms with Crippen molar-refractivity contribution in [3.05, 3.63) is 11.1 Å². The SMILES string of the molecule is CSc1csc2nc3c(n12)NCN=C3. The van der Waals surface area contributed by atoms with Crippen molar-refractivity contribution in [3.8, 4) is 0 Å². The summed E-state index contributed by atoms with van der Waals surface area (Å²) in [6.07, 6.45) is 3.90. The molecule has 0 radical (unpaired) electrons. The number of rotatable bonds is 1. The molecular formula is C8H8N4S2. The van der Waals surface area contributed by atoms with Gasteiger partial charge in [0.05, 0.1) is 11.2 Å². The van der Waals surface area contributed by atoms with Crippen LogP contribution in [0.25, 0.3) is 4.96 Å². The Balaban J connectivity index is 2.35. The zero-order chi connectivity index (χ0) is 9.54. The molecule has 0 saturated heterocycles. The van der Waals surface area contributed by atoms with E-state index in [4.69, 9.17) is 0 Å². The van der Waals surface area contributed by atoms with E-state index in [2.05, 4.69) is 31.3 Å². The van der Waals surface area contributed by atoms with Gasteiger partial charge in [-0.25, -0.2) is 4.98 Å². The highest BCUT2D eigenvalue weighted by Crippen LogP contribution is 2.29. The molecule has 1 aliphatic heterocycles. The molecule has 6 heteroatoms. The molecule has 0 unspecified atom stereocenters. The van der Waals surface area contributed by atoms with Gasteiger partial charge in [-0.2, -0.15) is 0 Å². The van der Waals surface area contributed by atoms with Crippen molar-refractivity contribution in [2.75, 3.05) is 18.2 Å². The molecule has 0 aromatic carbocycles. The van der Waals surface area contributed by atoms with E-state index >= 15 is 0 Å². The Hall–Kier alpha value is -1.01. The van der Waals surface area contributed by atoms with E-state index in [-0.39, 0.29) is 0 Å². The number of hydrogen-bond acceptors (Lipinski definition) is 5. The number of hydrogen-bond donors (Lipinski definition) is 1. The summed E-state index contributed by atoms with van der Waals surface area (Å²) in [5, 5.41) is 6.59. The Morgan fingerprint density at radius 3 is 3.43 bits per heavy atom. The molecule has 2 aromatic heterocycles. The van der Waals surface area contributed by atoms with Crippen LogP contribution in [0.15, 0.2) is 15.4 Å². The zero-order valence-corrected chi connectivity index (χ0v) is 9.15. The summed E-state index contributed by atoms with van der Waals surface area (Å²) in [5.74, 6) is 1.07. The maximum Gasteiger partial charge on any atom is 0.196 e. The van der Waals surface area contributed by atoms with Crippen LogP contribution in [0, 0.1) is 0 Å². The van der Waals surface area contributed by atoms with Crippen molar-refractivity contribution in [2.45, 2.75) is 5.03 Å². The van der Waals surface area contributed by atoms with Crippen molar-refractivity contribution in [2.24, 2.45) is 4.99 Å². The number of nitrogens with zero attached hydrogens (tertiary/aromatic N) is 3. The predicted octanol–water partition coefficient (Wildman–Crippen LogP) is 1.92. The molecule has 0 saturated carbocycles. The van der Waals surface area contributed by atoms with Crippen LogP contribution in [0.4, 0.5) is 5.82 Å². The molecule has 4 nitrogen and oxygen atoms in total. The Labute approximate surface area is 89.1 Å². The number of nitrogens with one attached hydrogen (secondary N) is 1. The molecule has 72 valence electrons. The lowest BCUT2D eigenvalue weighted by molar-refractivity contribution is 1.02. The average Bonchev–Trinajstić information content (AvgIpc) is 2.75. The van der Waals surface area contributed by atoms with Gasteiger partial charge in [-0.05, 0) is 6.26 Å². The van der Waals surface area contributed by atoms with Crippen LogP contribution in [-0.4, -0.2) is 28.5 Å². The second-order valence-electron chi connectivity index (χ2n) is 2.89. The summed E-state index contributed by atoms with van der Waals surface area (Å²) < 4.78 is 2.15. The first kappa shape index (κ1) is 8.31. The highest BCUT2D eigenvalue weighted by Gasteiger charge is 2.16. The number of thiazole rings is 1. The van der Waals surface area contributed by atoms with Crippen LogP contribution in [-0.2, 0) is 0 Å². The largest absolute Gasteiger partial charge is 0.350 e. The molecule has 0 aliphatic carbocycles. The minimum absolute atomic E-state index is 0.643. The van der Waals surface area contributed by atoms with Gasteiger partial charge in [-0.15, -0.1) is 23.1 Å². The van der Waals surface area contributed by atoms with E-state index in [1.54, 1.807) is 23.1 Å². The van der Waals surface area contributed by atoms with Gasteiger partial charge in [0.2, 0.25) is 0 Å². The van der Waals surface area contributed by atoms with Gasteiger partial charge in [0.1, 0.15) is 18.2 Å². The first-order valence-corrected chi connectivity index (χ1v) is 6.28. The summed E-state index contributed by atoms with van der Waals surface area (Å²) in [7, 11) is 0. The fraction of sp³-hybridized carbons (Fsp3) is 0.250. The normalized spacial score (nSPS) is 14.4. The molecule has 1 N–H and O–H groups in total. The molecule has 0 fully saturated rings. The van der Waals surface area contributed by atoms with Gasteiger partial charge in [0.15, 0.2) is 4.96 Å². The fourth-order valence-electron chi connectivity index (χ4n) is 1.51. The van der Waals surface area contributed by atoms with Crippen LogP contribution in [0.3, 0.4) is 0 Å². The molecule has 14 heavy (non-hydrogen) atoms. The van der Waals surface area contributed by atoms with Crippen molar-refractivity contribution >= 4 is 40.1 Å². The summed E-state index contributed by atoms with van der Waals surface area (Å²) in [6, 6.07) is 0. The van der Waals surface area contributed by atoms with Crippen LogP contribution >= 0.6 is 23.1 Å². The van der Waals surface area contributed by atoms with Crippen molar-refractivity contribution in [3.63, 3.8) is 0 Å². The highest BCUT2D eigenvalue weighted by atomic mass is 32.2.